The molecule has 6 heteroatoms. The highest BCUT2D eigenvalue weighted by Crippen LogP contribution is 2.27. The van der Waals surface area contributed by atoms with Crippen molar-refractivity contribution in [2.75, 3.05) is 23.7 Å². The highest BCUT2D eigenvalue weighted by molar-refractivity contribution is 6.32. The zero-order chi connectivity index (χ0) is 10.8. The maximum absolute atomic E-state index is 9.54. The van der Waals surface area contributed by atoms with Gasteiger partial charge in [0.25, 0.3) is 0 Å². The maximum atomic E-state index is 9.54. The van der Waals surface area contributed by atoms with E-state index < -0.39 is 0 Å². The Hall–Kier alpha value is -1.07. The predicted molar refractivity (Wildman–Crippen MR) is 58.9 cm³/mol. The number of rotatable bonds is 1. The molecule has 0 aliphatic carbocycles. The molecular weight excluding hydrogens is 216 g/mol. The first-order chi connectivity index (χ1) is 7.18. The minimum atomic E-state index is -0.313. The van der Waals surface area contributed by atoms with E-state index in [1.807, 2.05) is 4.90 Å². The summed E-state index contributed by atoms with van der Waals surface area (Å²) in [6.45, 7) is 1.39. The number of β-amino-alcohol motifs (C(OH)–C–C–N with tert-alkyl or cyclic N) is 1. The average molecular weight is 229 g/mol. The van der Waals surface area contributed by atoms with E-state index in [-0.39, 0.29) is 11.3 Å². The fourth-order valence-corrected chi connectivity index (χ4v) is 1.89. The highest BCUT2D eigenvalue weighted by atomic mass is 35.5. The number of anilines is 2. The lowest BCUT2D eigenvalue weighted by Crippen LogP contribution is -2.39. The number of hydrogen-bond donors (Lipinski definition) is 2. The summed E-state index contributed by atoms with van der Waals surface area (Å²) < 4.78 is 0. The van der Waals surface area contributed by atoms with Crippen LogP contribution < -0.4 is 10.6 Å². The number of nitrogens with two attached hydrogens (primary N) is 1. The van der Waals surface area contributed by atoms with Crippen molar-refractivity contribution < 1.29 is 5.11 Å². The molecule has 1 aromatic heterocycles. The molecule has 2 rings (SSSR count). The molecule has 1 aliphatic heterocycles. The first kappa shape index (κ1) is 10.4. The molecule has 1 unspecified atom stereocenters. The second-order valence-corrected chi connectivity index (χ2v) is 4.00. The summed E-state index contributed by atoms with van der Waals surface area (Å²) in [5.41, 5.74) is 6.16. The topological polar surface area (TPSA) is 75.3 Å². The van der Waals surface area contributed by atoms with E-state index in [0.29, 0.717) is 18.1 Å². The van der Waals surface area contributed by atoms with E-state index in [4.69, 9.17) is 17.3 Å². The normalized spacial score (nSPS) is 21.7. The van der Waals surface area contributed by atoms with Crippen molar-refractivity contribution in [2.24, 2.45) is 0 Å². The second kappa shape index (κ2) is 4.20. The number of hydrogen-bond acceptors (Lipinski definition) is 5. The van der Waals surface area contributed by atoms with Crippen molar-refractivity contribution >= 4 is 23.1 Å². The Labute approximate surface area is 92.9 Å². The van der Waals surface area contributed by atoms with E-state index in [9.17, 15) is 5.11 Å². The number of nitrogen functional groups attached to an aromatic ring is 1. The van der Waals surface area contributed by atoms with Gasteiger partial charge in [-0.2, -0.15) is 0 Å². The van der Waals surface area contributed by atoms with Crippen LogP contribution in [-0.4, -0.2) is 34.3 Å². The molecule has 1 atom stereocenters. The Morgan fingerprint density at radius 2 is 2.33 bits per heavy atom. The van der Waals surface area contributed by atoms with E-state index in [1.54, 1.807) is 0 Å². The zero-order valence-electron chi connectivity index (χ0n) is 8.23. The minimum Gasteiger partial charge on any atom is -0.393 e. The molecule has 1 aromatic rings. The van der Waals surface area contributed by atoms with Crippen LogP contribution in [0.25, 0.3) is 0 Å². The zero-order valence-corrected chi connectivity index (χ0v) is 8.98. The lowest BCUT2D eigenvalue weighted by Gasteiger charge is -2.31. The fraction of sp³-hybridized carbons (Fsp3) is 0.556. The summed E-state index contributed by atoms with van der Waals surface area (Å²) in [7, 11) is 0. The molecule has 1 saturated heterocycles. The molecule has 3 N–H and O–H groups in total. The van der Waals surface area contributed by atoms with Gasteiger partial charge in [0.05, 0.1) is 6.10 Å². The lowest BCUT2D eigenvalue weighted by molar-refractivity contribution is 0.154. The lowest BCUT2D eigenvalue weighted by atomic mass is 10.1. The number of piperidine rings is 1. The van der Waals surface area contributed by atoms with Crippen LogP contribution in [-0.2, 0) is 0 Å². The van der Waals surface area contributed by atoms with Crippen LogP contribution in [0.15, 0.2) is 6.33 Å². The molecule has 0 aromatic carbocycles. The summed E-state index contributed by atoms with van der Waals surface area (Å²) in [6.07, 6.45) is 2.83. The average Bonchev–Trinajstić information content (AvgIpc) is 2.22. The van der Waals surface area contributed by atoms with Crippen LogP contribution in [0.5, 0.6) is 0 Å². The number of nitrogens with zero attached hydrogens (tertiary/aromatic N) is 3. The largest absolute Gasteiger partial charge is 0.393 e. The summed E-state index contributed by atoms with van der Waals surface area (Å²) in [5, 5.41) is 9.81. The molecule has 1 fully saturated rings. The Bertz CT molecular complexity index is 360. The van der Waals surface area contributed by atoms with Gasteiger partial charge in [-0.25, -0.2) is 9.97 Å². The molecule has 0 bridgehead atoms. The number of aromatic nitrogens is 2. The van der Waals surface area contributed by atoms with Crippen molar-refractivity contribution in [2.45, 2.75) is 18.9 Å². The van der Waals surface area contributed by atoms with E-state index in [2.05, 4.69) is 9.97 Å². The number of halogens is 1. The van der Waals surface area contributed by atoms with Gasteiger partial charge in [-0.3, -0.25) is 0 Å². The van der Waals surface area contributed by atoms with Crippen molar-refractivity contribution in [3.8, 4) is 0 Å². The van der Waals surface area contributed by atoms with E-state index >= 15 is 0 Å². The number of aliphatic hydroxyl groups excluding tert-OH is 1. The Morgan fingerprint density at radius 3 is 3.07 bits per heavy atom. The summed E-state index contributed by atoms with van der Waals surface area (Å²) in [6, 6.07) is 0. The van der Waals surface area contributed by atoms with Crippen LogP contribution >= 0.6 is 11.6 Å². The van der Waals surface area contributed by atoms with Gasteiger partial charge in [-0.15, -0.1) is 0 Å². The molecule has 2 heterocycles. The minimum absolute atomic E-state index is 0.264. The van der Waals surface area contributed by atoms with Crippen LogP contribution in [0.4, 0.5) is 11.5 Å². The van der Waals surface area contributed by atoms with Crippen LogP contribution in [0.3, 0.4) is 0 Å². The second-order valence-electron chi connectivity index (χ2n) is 3.64. The van der Waals surface area contributed by atoms with Gasteiger partial charge in [0.1, 0.15) is 12.0 Å². The Morgan fingerprint density at radius 1 is 1.53 bits per heavy atom. The van der Waals surface area contributed by atoms with E-state index in [0.717, 1.165) is 19.4 Å². The molecule has 0 amide bonds. The maximum Gasteiger partial charge on any atom is 0.157 e. The van der Waals surface area contributed by atoms with Crippen molar-refractivity contribution in [3.05, 3.63) is 11.5 Å². The van der Waals surface area contributed by atoms with Gasteiger partial charge in [0.2, 0.25) is 0 Å². The van der Waals surface area contributed by atoms with Crippen LogP contribution in [0.1, 0.15) is 12.8 Å². The first-order valence-corrected chi connectivity index (χ1v) is 5.25. The van der Waals surface area contributed by atoms with Gasteiger partial charge in [-0.1, -0.05) is 11.6 Å². The Balaban J connectivity index is 2.24. The summed E-state index contributed by atoms with van der Waals surface area (Å²) in [4.78, 5) is 9.83. The molecule has 0 radical (unpaired) electrons. The van der Waals surface area contributed by atoms with Gasteiger partial charge >= 0.3 is 0 Å². The fourth-order valence-electron chi connectivity index (χ4n) is 1.76. The van der Waals surface area contributed by atoms with Gasteiger partial charge < -0.3 is 15.7 Å². The summed E-state index contributed by atoms with van der Waals surface area (Å²) in [5.74, 6) is 0.619. The SMILES string of the molecule is Nc1c(Cl)ncnc1N1CCCC(O)C1. The molecular formula is C9H13ClN4O. The summed E-state index contributed by atoms with van der Waals surface area (Å²) >= 11 is 5.80. The monoisotopic (exact) mass is 228 g/mol. The highest BCUT2D eigenvalue weighted by Gasteiger charge is 2.21. The van der Waals surface area contributed by atoms with Crippen LogP contribution in [0.2, 0.25) is 5.15 Å². The van der Waals surface area contributed by atoms with Crippen molar-refractivity contribution in [3.63, 3.8) is 0 Å². The first-order valence-electron chi connectivity index (χ1n) is 4.87. The molecule has 0 saturated carbocycles. The molecule has 0 spiro atoms. The molecule has 82 valence electrons. The molecule has 15 heavy (non-hydrogen) atoms. The third-order valence-electron chi connectivity index (χ3n) is 2.51. The van der Waals surface area contributed by atoms with Gasteiger partial charge in [0, 0.05) is 13.1 Å². The Kier molecular flexibility index (Phi) is 2.93. The van der Waals surface area contributed by atoms with Gasteiger partial charge in [-0.05, 0) is 12.8 Å². The van der Waals surface area contributed by atoms with Crippen molar-refractivity contribution in [1.29, 1.82) is 0 Å². The quantitative estimate of drug-likeness (QED) is 0.692. The van der Waals surface area contributed by atoms with E-state index in [1.165, 1.54) is 6.33 Å². The van der Waals surface area contributed by atoms with Crippen molar-refractivity contribution in [1.82, 2.24) is 9.97 Å². The molecule has 5 nitrogen and oxygen atoms in total. The smallest absolute Gasteiger partial charge is 0.157 e. The third kappa shape index (κ3) is 2.13. The predicted octanol–water partition coefficient (Wildman–Crippen LogP) is 0.673. The molecule has 1 aliphatic rings. The van der Waals surface area contributed by atoms with Crippen LogP contribution in [0, 0.1) is 0 Å². The number of aliphatic hydroxyl groups is 1. The van der Waals surface area contributed by atoms with Gasteiger partial charge in [0.15, 0.2) is 11.0 Å². The standard InChI is InChI=1S/C9H13ClN4O/c10-8-7(11)9(13-5-12-8)14-3-1-2-6(15)4-14/h5-6,15H,1-4,11H2. The third-order valence-corrected chi connectivity index (χ3v) is 2.81.